The largest absolute Gasteiger partial charge is 0.486 e. The van der Waals surface area contributed by atoms with E-state index in [9.17, 15) is 9.59 Å². The van der Waals surface area contributed by atoms with Crippen molar-refractivity contribution in [1.82, 2.24) is 10.2 Å². The number of carbonyl (C=O) groups excluding carboxylic acids is 2. The summed E-state index contributed by atoms with van der Waals surface area (Å²) in [6, 6.07) is 6.85. The molecule has 1 atom stereocenters. The number of urea groups is 1. The van der Waals surface area contributed by atoms with Crippen molar-refractivity contribution in [3.05, 3.63) is 18.2 Å². The number of rotatable bonds is 4. The fourth-order valence-corrected chi connectivity index (χ4v) is 2.86. The Balaban J connectivity index is 1.63. The lowest BCUT2D eigenvalue weighted by atomic mass is 10.2. The molecule has 0 unspecified atom stereocenters. The normalized spacial score (nSPS) is 18.6. The molecule has 8 nitrogen and oxygen atoms in total. The summed E-state index contributed by atoms with van der Waals surface area (Å²) in [5.74, 6) is 1.24. The van der Waals surface area contributed by atoms with Gasteiger partial charge in [0.1, 0.15) is 13.2 Å². The number of carbonyl (C=O) groups is 2. The number of anilines is 1. The lowest BCUT2D eigenvalue weighted by Crippen LogP contribution is -2.44. The second-order valence-electron chi connectivity index (χ2n) is 6.01. The third-order valence-corrected chi connectivity index (χ3v) is 4.20. The molecule has 1 N–H and O–H groups in total. The number of benzene rings is 1. The molecule has 0 bridgehead atoms. The quantitative estimate of drug-likeness (QED) is 0.883. The molecule has 25 heavy (non-hydrogen) atoms. The van der Waals surface area contributed by atoms with Gasteiger partial charge in [0.05, 0.1) is 18.5 Å². The molecule has 0 aromatic heterocycles. The Hall–Kier alpha value is -2.95. The van der Waals surface area contributed by atoms with Crippen LogP contribution in [0.25, 0.3) is 0 Å². The average molecular weight is 344 g/mol. The number of hydrogen-bond acceptors (Lipinski definition) is 5. The van der Waals surface area contributed by atoms with Crippen LogP contribution in [0.4, 0.5) is 10.5 Å². The highest BCUT2D eigenvalue weighted by Gasteiger charge is 2.32. The maximum absolute atomic E-state index is 12.3. The molecular formula is C17H20N4O4. The Bertz CT molecular complexity index is 715. The Morgan fingerprint density at radius 3 is 2.92 bits per heavy atom. The second-order valence-corrected chi connectivity index (χ2v) is 6.01. The summed E-state index contributed by atoms with van der Waals surface area (Å²) in [4.78, 5) is 27.5. The highest BCUT2D eigenvalue weighted by Crippen LogP contribution is 2.35. The standard InChI is InChI=1S/C17H20N4O4/c1-20(6-2-5-18)17(23)19-12-9-16(22)21(11-12)13-3-4-14-15(10-13)25-8-7-24-14/h3-4,10,12H,2,6-9,11H2,1H3,(H,19,23)/t12-/m0/s1. The summed E-state index contributed by atoms with van der Waals surface area (Å²) >= 11 is 0. The van der Waals surface area contributed by atoms with Crippen molar-refractivity contribution in [2.75, 3.05) is 38.3 Å². The Kier molecular flexibility index (Phi) is 4.93. The molecule has 3 amide bonds. The summed E-state index contributed by atoms with van der Waals surface area (Å²) < 4.78 is 11.0. The van der Waals surface area contributed by atoms with Gasteiger partial charge in [0.15, 0.2) is 11.5 Å². The second kappa shape index (κ2) is 7.30. The van der Waals surface area contributed by atoms with Crippen LogP contribution in [-0.2, 0) is 4.79 Å². The molecule has 132 valence electrons. The van der Waals surface area contributed by atoms with Crippen LogP contribution < -0.4 is 19.7 Å². The van der Waals surface area contributed by atoms with E-state index in [1.54, 1.807) is 24.1 Å². The Morgan fingerprint density at radius 1 is 1.40 bits per heavy atom. The van der Waals surface area contributed by atoms with E-state index in [0.717, 1.165) is 5.69 Å². The predicted molar refractivity (Wildman–Crippen MR) is 89.6 cm³/mol. The van der Waals surface area contributed by atoms with Crippen LogP contribution >= 0.6 is 0 Å². The van der Waals surface area contributed by atoms with E-state index in [4.69, 9.17) is 14.7 Å². The average Bonchev–Trinajstić information content (AvgIpc) is 2.99. The summed E-state index contributed by atoms with van der Waals surface area (Å²) in [6.45, 7) is 1.76. The minimum atomic E-state index is -0.280. The molecule has 2 heterocycles. The third kappa shape index (κ3) is 3.76. The van der Waals surface area contributed by atoms with E-state index in [1.165, 1.54) is 4.90 Å². The number of nitriles is 1. The van der Waals surface area contributed by atoms with Gasteiger partial charge in [-0.2, -0.15) is 5.26 Å². The minimum absolute atomic E-state index is 0.0540. The Morgan fingerprint density at radius 2 is 2.16 bits per heavy atom. The van der Waals surface area contributed by atoms with Crippen molar-refractivity contribution in [2.24, 2.45) is 0 Å². The molecule has 1 saturated heterocycles. The van der Waals surface area contributed by atoms with Crippen LogP contribution in [0.15, 0.2) is 18.2 Å². The monoisotopic (exact) mass is 344 g/mol. The Labute approximate surface area is 145 Å². The summed E-state index contributed by atoms with van der Waals surface area (Å²) in [5.41, 5.74) is 0.726. The first kappa shape index (κ1) is 16.9. The molecule has 0 spiro atoms. The summed E-state index contributed by atoms with van der Waals surface area (Å²) in [7, 11) is 1.63. The molecule has 1 aromatic carbocycles. The number of hydrogen-bond donors (Lipinski definition) is 1. The highest BCUT2D eigenvalue weighted by molar-refractivity contribution is 5.97. The fourth-order valence-electron chi connectivity index (χ4n) is 2.86. The van der Waals surface area contributed by atoms with Gasteiger partial charge in [0.2, 0.25) is 5.91 Å². The maximum atomic E-state index is 12.3. The van der Waals surface area contributed by atoms with Gasteiger partial charge < -0.3 is 24.6 Å². The number of nitrogens with one attached hydrogen (secondary N) is 1. The molecule has 0 saturated carbocycles. The van der Waals surface area contributed by atoms with Crippen LogP contribution in [0.1, 0.15) is 12.8 Å². The summed E-state index contributed by atoms with van der Waals surface area (Å²) in [5, 5.41) is 11.4. The minimum Gasteiger partial charge on any atom is -0.486 e. The zero-order valence-corrected chi connectivity index (χ0v) is 14.0. The van der Waals surface area contributed by atoms with Crippen molar-refractivity contribution in [1.29, 1.82) is 5.26 Å². The van der Waals surface area contributed by atoms with Crippen LogP contribution in [0.5, 0.6) is 11.5 Å². The van der Waals surface area contributed by atoms with Gasteiger partial charge in [0, 0.05) is 38.3 Å². The lowest BCUT2D eigenvalue weighted by molar-refractivity contribution is -0.117. The topological polar surface area (TPSA) is 94.9 Å². The number of nitrogens with zero attached hydrogens (tertiary/aromatic N) is 3. The van der Waals surface area contributed by atoms with Gasteiger partial charge in [-0.25, -0.2) is 4.79 Å². The highest BCUT2D eigenvalue weighted by atomic mass is 16.6. The van der Waals surface area contributed by atoms with Gasteiger partial charge >= 0.3 is 6.03 Å². The van der Waals surface area contributed by atoms with Crippen molar-refractivity contribution in [3.8, 4) is 17.6 Å². The first-order chi connectivity index (χ1) is 12.1. The maximum Gasteiger partial charge on any atom is 0.317 e. The third-order valence-electron chi connectivity index (χ3n) is 4.20. The van der Waals surface area contributed by atoms with Gasteiger partial charge in [-0.05, 0) is 12.1 Å². The van der Waals surface area contributed by atoms with Gasteiger partial charge in [-0.3, -0.25) is 4.79 Å². The van der Waals surface area contributed by atoms with Crippen molar-refractivity contribution in [2.45, 2.75) is 18.9 Å². The van der Waals surface area contributed by atoms with E-state index >= 15 is 0 Å². The molecule has 0 radical (unpaired) electrons. The summed E-state index contributed by atoms with van der Waals surface area (Å²) in [6.07, 6.45) is 0.517. The fraction of sp³-hybridized carbons (Fsp3) is 0.471. The molecule has 2 aliphatic heterocycles. The number of amides is 3. The smallest absolute Gasteiger partial charge is 0.317 e. The van der Waals surface area contributed by atoms with Gasteiger partial charge in [-0.15, -0.1) is 0 Å². The van der Waals surface area contributed by atoms with E-state index in [-0.39, 0.29) is 30.8 Å². The van der Waals surface area contributed by atoms with Crippen LogP contribution in [0.3, 0.4) is 0 Å². The van der Waals surface area contributed by atoms with Crippen LogP contribution in [-0.4, -0.2) is 56.2 Å². The molecular weight excluding hydrogens is 324 g/mol. The van der Waals surface area contributed by atoms with Gasteiger partial charge in [0.25, 0.3) is 0 Å². The first-order valence-corrected chi connectivity index (χ1v) is 8.17. The molecule has 1 aromatic rings. The van der Waals surface area contributed by atoms with Crippen molar-refractivity contribution in [3.63, 3.8) is 0 Å². The SMILES string of the molecule is CN(CCC#N)C(=O)N[C@H]1CC(=O)N(c2ccc3c(c2)OCCO3)C1. The number of fused-ring (bicyclic) bond motifs is 1. The molecule has 0 aliphatic carbocycles. The van der Waals surface area contributed by atoms with E-state index < -0.39 is 0 Å². The van der Waals surface area contributed by atoms with E-state index in [0.29, 0.717) is 37.8 Å². The van der Waals surface area contributed by atoms with E-state index in [2.05, 4.69) is 5.32 Å². The zero-order chi connectivity index (χ0) is 17.8. The van der Waals surface area contributed by atoms with Crippen LogP contribution in [0.2, 0.25) is 0 Å². The molecule has 3 rings (SSSR count). The molecule has 8 heteroatoms. The first-order valence-electron chi connectivity index (χ1n) is 8.17. The van der Waals surface area contributed by atoms with Crippen molar-refractivity contribution < 1.29 is 19.1 Å². The molecule has 2 aliphatic rings. The number of ether oxygens (including phenoxy) is 2. The predicted octanol–water partition coefficient (Wildman–Crippen LogP) is 1.12. The van der Waals surface area contributed by atoms with Gasteiger partial charge in [-0.1, -0.05) is 0 Å². The zero-order valence-electron chi connectivity index (χ0n) is 14.0. The molecule has 1 fully saturated rings. The van der Waals surface area contributed by atoms with Crippen LogP contribution in [0, 0.1) is 11.3 Å². The lowest BCUT2D eigenvalue weighted by Gasteiger charge is -2.23. The van der Waals surface area contributed by atoms with E-state index in [1.807, 2.05) is 12.1 Å². The van der Waals surface area contributed by atoms with Crippen molar-refractivity contribution >= 4 is 17.6 Å².